The Labute approximate surface area is 133 Å². The van der Waals surface area contributed by atoms with E-state index in [9.17, 15) is 18.0 Å². The first-order chi connectivity index (χ1) is 11.0. The molecule has 1 aromatic rings. The van der Waals surface area contributed by atoms with Crippen LogP contribution in [0.15, 0.2) is 6.07 Å². The third kappa shape index (κ3) is 3.79. The van der Waals surface area contributed by atoms with Crippen molar-refractivity contribution >= 4 is 5.91 Å². The summed E-state index contributed by atoms with van der Waals surface area (Å²) in [5.74, 6) is -3.64. The molecule has 0 spiro atoms. The molecule has 2 unspecified atom stereocenters. The molecule has 124 valence electrons. The second-order valence-electron chi connectivity index (χ2n) is 5.70. The maximum atomic E-state index is 14.0. The first-order valence-corrected chi connectivity index (χ1v) is 7.50. The predicted molar refractivity (Wildman–Crippen MR) is 79.5 cm³/mol. The fourth-order valence-electron chi connectivity index (χ4n) is 2.77. The maximum absolute atomic E-state index is 14.0. The van der Waals surface area contributed by atoms with Crippen LogP contribution >= 0.6 is 0 Å². The quantitative estimate of drug-likeness (QED) is 0.680. The highest BCUT2D eigenvalue weighted by Crippen LogP contribution is 2.28. The smallest absolute Gasteiger partial charge is 0.254 e. The van der Waals surface area contributed by atoms with Gasteiger partial charge in [-0.1, -0.05) is 25.7 Å². The number of halogens is 3. The molecular weight excluding hydrogens is 307 g/mol. The Balaban J connectivity index is 2.22. The molecule has 2 atom stereocenters. The summed E-state index contributed by atoms with van der Waals surface area (Å²) >= 11 is 0. The first kappa shape index (κ1) is 17.2. The maximum Gasteiger partial charge on any atom is 0.254 e. The number of terminal acetylenes is 1. The molecule has 1 amide bonds. The van der Waals surface area contributed by atoms with Crippen LogP contribution in [0.4, 0.5) is 13.2 Å². The summed E-state index contributed by atoms with van der Waals surface area (Å²) in [4.78, 5) is 12.2. The fourth-order valence-corrected chi connectivity index (χ4v) is 2.77. The number of ether oxygens (including phenoxy) is 1. The SMILES string of the molecule is C#CCOc1c(F)cc(C(=O)NC2CCCCC2C)c(F)c1F. The van der Waals surface area contributed by atoms with Crippen molar-refractivity contribution in [2.45, 2.75) is 38.6 Å². The molecule has 0 radical (unpaired) electrons. The van der Waals surface area contributed by atoms with Crippen LogP contribution in [0.1, 0.15) is 43.0 Å². The third-order valence-corrected chi connectivity index (χ3v) is 4.09. The number of carbonyl (C=O) groups excluding carboxylic acids is 1. The zero-order chi connectivity index (χ0) is 17.0. The van der Waals surface area contributed by atoms with E-state index < -0.39 is 41.3 Å². The number of amides is 1. The van der Waals surface area contributed by atoms with Gasteiger partial charge in [-0.2, -0.15) is 4.39 Å². The van der Waals surface area contributed by atoms with Gasteiger partial charge in [0.15, 0.2) is 17.4 Å². The van der Waals surface area contributed by atoms with Gasteiger partial charge in [0, 0.05) is 6.04 Å². The molecule has 1 saturated carbocycles. The molecule has 1 fully saturated rings. The number of nitrogens with one attached hydrogen (secondary N) is 1. The van der Waals surface area contributed by atoms with Crippen LogP contribution < -0.4 is 10.1 Å². The summed E-state index contributed by atoms with van der Waals surface area (Å²) in [6.45, 7) is 1.58. The lowest BCUT2D eigenvalue weighted by molar-refractivity contribution is 0.0904. The van der Waals surface area contributed by atoms with Crippen LogP contribution in [0.3, 0.4) is 0 Å². The highest BCUT2D eigenvalue weighted by atomic mass is 19.2. The van der Waals surface area contributed by atoms with Crippen LogP contribution in [-0.2, 0) is 0 Å². The number of hydrogen-bond acceptors (Lipinski definition) is 2. The van der Waals surface area contributed by atoms with Gasteiger partial charge in [0.05, 0.1) is 5.56 Å². The molecule has 2 rings (SSSR count). The van der Waals surface area contributed by atoms with Crippen molar-refractivity contribution in [2.75, 3.05) is 6.61 Å². The van der Waals surface area contributed by atoms with Gasteiger partial charge in [-0.3, -0.25) is 4.79 Å². The summed E-state index contributed by atoms with van der Waals surface area (Å²) in [5, 5.41) is 2.66. The lowest BCUT2D eigenvalue weighted by Gasteiger charge is -2.29. The summed E-state index contributed by atoms with van der Waals surface area (Å²) in [7, 11) is 0. The van der Waals surface area contributed by atoms with Crippen molar-refractivity contribution in [1.82, 2.24) is 5.32 Å². The summed E-state index contributed by atoms with van der Waals surface area (Å²) < 4.78 is 46.4. The average molecular weight is 325 g/mol. The largest absolute Gasteiger partial charge is 0.475 e. The fraction of sp³-hybridized carbons (Fsp3) is 0.471. The number of rotatable bonds is 4. The Bertz CT molecular complexity index is 640. The van der Waals surface area contributed by atoms with Crippen LogP contribution in [0.2, 0.25) is 0 Å². The molecule has 1 aliphatic rings. The minimum atomic E-state index is -1.55. The number of benzene rings is 1. The van der Waals surface area contributed by atoms with E-state index in [2.05, 4.69) is 10.1 Å². The van der Waals surface area contributed by atoms with Gasteiger partial charge in [0.25, 0.3) is 5.91 Å². The van der Waals surface area contributed by atoms with Crippen molar-refractivity contribution in [1.29, 1.82) is 0 Å². The van der Waals surface area contributed by atoms with E-state index in [0.29, 0.717) is 6.07 Å². The summed E-state index contributed by atoms with van der Waals surface area (Å²) in [6, 6.07) is 0.506. The van der Waals surface area contributed by atoms with Crippen LogP contribution in [0, 0.1) is 35.7 Å². The van der Waals surface area contributed by atoms with Gasteiger partial charge in [0.1, 0.15) is 6.61 Å². The van der Waals surface area contributed by atoms with Crippen molar-refractivity contribution < 1.29 is 22.7 Å². The molecule has 0 heterocycles. The molecule has 0 bridgehead atoms. The van der Waals surface area contributed by atoms with E-state index in [0.717, 1.165) is 25.7 Å². The lowest BCUT2D eigenvalue weighted by atomic mass is 9.86. The zero-order valence-electron chi connectivity index (χ0n) is 12.8. The molecule has 6 heteroatoms. The van der Waals surface area contributed by atoms with Crippen LogP contribution in [-0.4, -0.2) is 18.6 Å². The van der Waals surface area contributed by atoms with E-state index in [-0.39, 0.29) is 12.0 Å². The molecule has 1 N–H and O–H groups in total. The normalized spacial score (nSPS) is 20.7. The van der Waals surface area contributed by atoms with Gasteiger partial charge in [-0.05, 0) is 24.8 Å². The molecule has 1 aliphatic carbocycles. The minimum Gasteiger partial charge on any atom is -0.475 e. The van der Waals surface area contributed by atoms with Gasteiger partial charge in [-0.15, -0.1) is 6.42 Å². The topological polar surface area (TPSA) is 38.3 Å². The van der Waals surface area contributed by atoms with E-state index in [4.69, 9.17) is 6.42 Å². The average Bonchev–Trinajstić information content (AvgIpc) is 2.53. The molecule has 1 aromatic carbocycles. The third-order valence-electron chi connectivity index (χ3n) is 4.09. The lowest BCUT2D eigenvalue weighted by Crippen LogP contribution is -2.41. The van der Waals surface area contributed by atoms with Gasteiger partial charge in [0.2, 0.25) is 5.82 Å². The van der Waals surface area contributed by atoms with Gasteiger partial charge < -0.3 is 10.1 Å². The highest BCUT2D eigenvalue weighted by Gasteiger charge is 2.27. The Kier molecular flexibility index (Phi) is 5.54. The highest BCUT2D eigenvalue weighted by molar-refractivity contribution is 5.95. The van der Waals surface area contributed by atoms with Crippen LogP contribution in [0.25, 0.3) is 0 Å². The first-order valence-electron chi connectivity index (χ1n) is 7.50. The second-order valence-corrected chi connectivity index (χ2v) is 5.70. The van der Waals surface area contributed by atoms with Crippen LogP contribution in [0.5, 0.6) is 5.75 Å². The Morgan fingerprint density at radius 2 is 2.04 bits per heavy atom. The standard InChI is InChI=1S/C17H18F3NO2/c1-3-8-23-16-12(18)9-11(14(19)15(16)20)17(22)21-13-7-5-4-6-10(13)2/h1,9-10,13H,4-8H2,2H3,(H,21,22). The second kappa shape index (κ2) is 7.40. The molecular formula is C17H18F3NO2. The summed E-state index contributed by atoms with van der Waals surface area (Å²) in [5.41, 5.74) is -0.675. The monoisotopic (exact) mass is 325 g/mol. The number of carbonyl (C=O) groups is 1. The number of hydrogen-bond donors (Lipinski definition) is 1. The molecule has 23 heavy (non-hydrogen) atoms. The Morgan fingerprint density at radius 1 is 1.35 bits per heavy atom. The molecule has 3 nitrogen and oxygen atoms in total. The zero-order valence-corrected chi connectivity index (χ0v) is 12.8. The van der Waals surface area contributed by atoms with E-state index in [1.807, 2.05) is 12.8 Å². The van der Waals surface area contributed by atoms with Crippen molar-refractivity contribution in [3.05, 3.63) is 29.1 Å². The van der Waals surface area contributed by atoms with E-state index in [1.165, 1.54) is 0 Å². The van der Waals surface area contributed by atoms with Gasteiger partial charge >= 0.3 is 0 Å². The molecule has 0 aliphatic heterocycles. The molecule has 0 saturated heterocycles. The van der Waals surface area contributed by atoms with Crippen molar-refractivity contribution in [2.24, 2.45) is 5.92 Å². The predicted octanol–water partition coefficient (Wildman–Crippen LogP) is 3.42. The van der Waals surface area contributed by atoms with E-state index in [1.54, 1.807) is 0 Å². The Hall–Kier alpha value is -2.16. The van der Waals surface area contributed by atoms with Crippen molar-refractivity contribution in [3.63, 3.8) is 0 Å². The van der Waals surface area contributed by atoms with Gasteiger partial charge in [-0.25, -0.2) is 8.78 Å². The molecule has 0 aromatic heterocycles. The van der Waals surface area contributed by atoms with E-state index >= 15 is 0 Å². The summed E-state index contributed by atoms with van der Waals surface area (Å²) in [6.07, 6.45) is 8.69. The Morgan fingerprint density at radius 3 is 2.70 bits per heavy atom. The minimum absolute atomic E-state index is 0.126. The van der Waals surface area contributed by atoms with Crippen molar-refractivity contribution in [3.8, 4) is 18.1 Å².